The Bertz CT molecular complexity index is 158. The highest BCUT2D eigenvalue weighted by Gasteiger charge is 1.91. The van der Waals surface area contributed by atoms with Crippen LogP contribution >= 0.6 is 11.3 Å². The fourth-order valence-electron chi connectivity index (χ4n) is 0.722. The molecule has 0 N–H and O–H groups in total. The summed E-state index contributed by atoms with van der Waals surface area (Å²) in [4.78, 5) is 1.36. The molecule has 1 nitrogen and oxygen atoms in total. The first-order chi connectivity index (χ1) is 4.93. The monoisotopic (exact) mass is 155 g/mol. The van der Waals surface area contributed by atoms with Gasteiger partial charge in [0, 0.05) is 23.3 Å². The number of thiophene rings is 1. The predicted molar refractivity (Wildman–Crippen MR) is 43.4 cm³/mol. The van der Waals surface area contributed by atoms with Crippen LogP contribution in [0.2, 0.25) is 0 Å². The summed E-state index contributed by atoms with van der Waals surface area (Å²) in [6.45, 7) is 3.67. The van der Waals surface area contributed by atoms with E-state index in [2.05, 4.69) is 11.4 Å². The van der Waals surface area contributed by atoms with E-state index < -0.39 is 0 Å². The van der Waals surface area contributed by atoms with E-state index >= 15 is 0 Å². The van der Waals surface area contributed by atoms with Gasteiger partial charge in [0.25, 0.3) is 0 Å². The normalized spacial score (nSPS) is 10.1. The lowest BCUT2D eigenvalue weighted by Crippen LogP contribution is -1.95. The van der Waals surface area contributed by atoms with Crippen molar-refractivity contribution in [2.45, 2.75) is 13.3 Å². The highest BCUT2D eigenvalue weighted by atomic mass is 32.1. The van der Waals surface area contributed by atoms with Gasteiger partial charge in [-0.3, -0.25) is 0 Å². The molecular weight excluding hydrogens is 144 g/mol. The molecule has 0 atom stereocenters. The Balaban J connectivity index is 2.15. The fourth-order valence-corrected chi connectivity index (χ4v) is 1.33. The molecule has 0 aromatic carbocycles. The summed E-state index contributed by atoms with van der Waals surface area (Å²) in [5.74, 6) is 0. The molecule has 2 heteroatoms. The number of hydrogen-bond donors (Lipinski definition) is 0. The zero-order valence-corrected chi connectivity index (χ0v) is 6.91. The molecule has 10 heavy (non-hydrogen) atoms. The third-order valence-corrected chi connectivity index (χ3v) is 2.08. The number of hydrogen-bond acceptors (Lipinski definition) is 2. The molecule has 0 saturated heterocycles. The lowest BCUT2D eigenvalue weighted by atomic mass is 10.4. The second-order valence-corrected chi connectivity index (χ2v) is 2.93. The summed E-state index contributed by atoms with van der Waals surface area (Å²) in [5, 5.41) is 3.04. The lowest BCUT2D eigenvalue weighted by Gasteiger charge is -1.96. The van der Waals surface area contributed by atoms with Crippen molar-refractivity contribution in [1.29, 1.82) is 0 Å². The molecule has 0 spiro atoms. The summed E-state index contributed by atoms with van der Waals surface area (Å²) in [7, 11) is 0. The van der Waals surface area contributed by atoms with Gasteiger partial charge >= 0.3 is 0 Å². The van der Waals surface area contributed by atoms with Crippen molar-refractivity contribution in [2.75, 3.05) is 13.2 Å². The SMILES string of the molecule is CCOCCc1cc[c]s1. The molecule has 1 heterocycles. The Kier molecular flexibility index (Phi) is 3.47. The van der Waals surface area contributed by atoms with E-state index in [1.807, 2.05) is 13.0 Å². The van der Waals surface area contributed by atoms with Gasteiger partial charge in [0.05, 0.1) is 6.61 Å². The van der Waals surface area contributed by atoms with Gasteiger partial charge in [-0.1, -0.05) is 0 Å². The van der Waals surface area contributed by atoms with Crippen LogP contribution in [0.1, 0.15) is 11.8 Å². The first kappa shape index (κ1) is 7.76. The quantitative estimate of drug-likeness (QED) is 0.605. The Morgan fingerprint density at radius 3 is 3.20 bits per heavy atom. The number of rotatable bonds is 4. The number of ether oxygens (including phenoxy) is 1. The topological polar surface area (TPSA) is 9.23 Å². The minimum absolute atomic E-state index is 0.815. The summed E-state index contributed by atoms with van der Waals surface area (Å²) >= 11 is 1.67. The molecule has 1 aromatic rings. The van der Waals surface area contributed by atoms with Crippen LogP contribution in [-0.4, -0.2) is 13.2 Å². The summed E-state index contributed by atoms with van der Waals surface area (Å²) in [5.41, 5.74) is 0. The van der Waals surface area contributed by atoms with E-state index in [9.17, 15) is 0 Å². The molecule has 0 aliphatic rings. The Hall–Kier alpha value is -0.340. The predicted octanol–water partition coefficient (Wildman–Crippen LogP) is 2.13. The van der Waals surface area contributed by atoms with E-state index in [0.29, 0.717) is 0 Å². The molecule has 1 rings (SSSR count). The first-order valence-corrected chi connectivity index (χ1v) is 4.27. The molecule has 0 aliphatic heterocycles. The van der Waals surface area contributed by atoms with Crippen molar-refractivity contribution < 1.29 is 4.74 Å². The molecule has 0 unspecified atom stereocenters. The van der Waals surface area contributed by atoms with Gasteiger partial charge in [-0.25, -0.2) is 0 Å². The molecule has 0 bridgehead atoms. The fraction of sp³-hybridized carbons (Fsp3) is 0.500. The highest BCUT2D eigenvalue weighted by Crippen LogP contribution is 2.07. The molecule has 0 saturated carbocycles. The van der Waals surface area contributed by atoms with Crippen LogP contribution in [0.3, 0.4) is 0 Å². The maximum atomic E-state index is 5.20. The molecule has 1 radical (unpaired) electrons. The Morgan fingerprint density at radius 2 is 2.60 bits per heavy atom. The Labute approximate surface area is 65.6 Å². The smallest absolute Gasteiger partial charge is 0.0514 e. The van der Waals surface area contributed by atoms with Gasteiger partial charge in [0.1, 0.15) is 0 Å². The van der Waals surface area contributed by atoms with Crippen LogP contribution in [0.25, 0.3) is 0 Å². The summed E-state index contributed by atoms with van der Waals surface area (Å²) < 4.78 is 5.20. The largest absolute Gasteiger partial charge is 0.381 e. The zero-order valence-electron chi connectivity index (χ0n) is 6.09. The van der Waals surface area contributed by atoms with Crippen molar-refractivity contribution in [2.24, 2.45) is 0 Å². The lowest BCUT2D eigenvalue weighted by molar-refractivity contribution is 0.151. The molecule has 0 aliphatic carbocycles. The standard InChI is InChI=1S/C8H11OS/c1-2-9-6-5-8-4-3-7-10-8/h3-4H,2,5-6H2,1H3. The van der Waals surface area contributed by atoms with Gasteiger partial charge in [-0.2, -0.15) is 0 Å². The van der Waals surface area contributed by atoms with Gasteiger partial charge in [-0.05, 0) is 19.1 Å². The van der Waals surface area contributed by atoms with E-state index in [1.165, 1.54) is 4.88 Å². The molecule has 0 fully saturated rings. The first-order valence-electron chi connectivity index (χ1n) is 3.46. The van der Waals surface area contributed by atoms with Gasteiger partial charge in [-0.15, -0.1) is 11.3 Å². The summed E-state index contributed by atoms with van der Waals surface area (Å²) in [6, 6.07) is 4.04. The molecular formula is C8H11OS. The van der Waals surface area contributed by atoms with Crippen LogP contribution in [0.4, 0.5) is 0 Å². The second-order valence-electron chi connectivity index (χ2n) is 1.97. The van der Waals surface area contributed by atoms with Crippen molar-refractivity contribution >= 4 is 11.3 Å². The third kappa shape index (κ3) is 2.50. The van der Waals surface area contributed by atoms with Crippen molar-refractivity contribution in [3.63, 3.8) is 0 Å². The molecule has 1 aromatic heterocycles. The average molecular weight is 155 g/mol. The zero-order chi connectivity index (χ0) is 7.23. The highest BCUT2D eigenvalue weighted by molar-refractivity contribution is 7.09. The van der Waals surface area contributed by atoms with Crippen molar-refractivity contribution in [1.82, 2.24) is 0 Å². The van der Waals surface area contributed by atoms with E-state index in [1.54, 1.807) is 11.3 Å². The minimum Gasteiger partial charge on any atom is -0.381 e. The van der Waals surface area contributed by atoms with Crippen LogP contribution in [0, 0.1) is 5.38 Å². The summed E-state index contributed by atoms with van der Waals surface area (Å²) in [6.07, 6.45) is 1.03. The second kappa shape index (κ2) is 4.47. The van der Waals surface area contributed by atoms with E-state index in [4.69, 9.17) is 4.74 Å². The van der Waals surface area contributed by atoms with Crippen LogP contribution in [0.15, 0.2) is 12.1 Å². The maximum absolute atomic E-state index is 5.20. The van der Waals surface area contributed by atoms with Gasteiger partial charge < -0.3 is 4.74 Å². The maximum Gasteiger partial charge on any atom is 0.0514 e. The third-order valence-electron chi connectivity index (χ3n) is 1.22. The van der Waals surface area contributed by atoms with Gasteiger partial charge in [0.2, 0.25) is 0 Å². The van der Waals surface area contributed by atoms with Crippen LogP contribution in [0.5, 0.6) is 0 Å². The van der Waals surface area contributed by atoms with Crippen LogP contribution < -0.4 is 0 Å². The van der Waals surface area contributed by atoms with Gasteiger partial charge in [0.15, 0.2) is 0 Å². The molecule has 55 valence electrons. The average Bonchev–Trinajstić information content (AvgIpc) is 2.41. The van der Waals surface area contributed by atoms with E-state index in [-0.39, 0.29) is 0 Å². The van der Waals surface area contributed by atoms with E-state index in [0.717, 1.165) is 19.6 Å². The van der Waals surface area contributed by atoms with Crippen LogP contribution in [-0.2, 0) is 11.2 Å². The molecule has 0 amide bonds. The van der Waals surface area contributed by atoms with Crippen molar-refractivity contribution in [3.05, 3.63) is 22.4 Å². The minimum atomic E-state index is 0.815. The van der Waals surface area contributed by atoms with Crippen molar-refractivity contribution in [3.8, 4) is 0 Å². The Morgan fingerprint density at radius 1 is 1.70 bits per heavy atom.